The summed E-state index contributed by atoms with van der Waals surface area (Å²) in [6.45, 7) is 2.19. The molecular weight excluding hydrogens is 668 g/mol. The lowest BCUT2D eigenvalue weighted by molar-refractivity contribution is -0.0000251. The van der Waals surface area contributed by atoms with E-state index in [1.807, 2.05) is 19.1 Å². The molecule has 0 fully saturated rings. The van der Waals surface area contributed by atoms with Crippen molar-refractivity contribution in [3.8, 4) is 0 Å². The van der Waals surface area contributed by atoms with Crippen molar-refractivity contribution >= 4 is 56.0 Å². The molecule has 0 atom stereocenters. The number of H-pyrrole nitrogens is 1. The first-order valence-electron chi connectivity index (χ1n) is 12.7. The lowest BCUT2D eigenvalue weighted by Gasteiger charge is -2.27. The van der Waals surface area contributed by atoms with Gasteiger partial charge in [-0.3, -0.25) is 0 Å². The second kappa shape index (κ2) is 13.1. The van der Waals surface area contributed by atoms with Crippen molar-refractivity contribution in [2.24, 2.45) is 0 Å². The average molecular weight is 698 g/mol. The Balaban J connectivity index is 0.00000336. The zero-order valence-electron chi connectivity index (χ0n) is 21.2. The molecule has 4 aromatic carbocycles. The lowest BCUT2D eigenvalue weighted by Crippen LogP contribution is -3.00. The van der Waals surface area contributed by atoms with Crippen molar-refractivity contribution in [2.45, 2.75) is 19.8 Å². The number of nitrogens with one attached hydrogen (secondary N) is 1. The van der Waals surface area contributed by atoms with Gasteiger partial charge in [0.25, 0.3) is 0 Å². The molecule has 0 saturated heterocycles. The van der Waals surface area contributed by atoms with Crippen LogP contribution in [0.3, 0.4) is 0 Å². The van der Waals surface area contributed by atoms with Crippen molar-refractivity contribution in [2.75, 3.05) is 12.8 Å². The Morgan fingerprint density at radius 2 is 1.32 bits per heavy atom. The summed E-state index contributed by atoms with van der Waals surface area (Å²) in [5, 5.41) is 5.19. The van der Waals surface area contributed by atoms with Gasteiger partial charge in [-0.25, -0.2) is 4.79 Å². The summed E-state index contributed by atoms with van der Waals surface area (Å²) < 4.78 is 6.36. The van der Waals surface area contributed by atoms with Crippen LogP contribution in [0, 0.1) is 0 Å². The van der Waals surface area contributed by atoms with Gasteiger partial charge in [0.05, 0.1) is 18.3 Å². The molecule has 1 heterocycles. The summed E-state index contributed by atoms with van der Waals surface area (Å²) in [7, 11) is -1.93. The maximum atomic E-state index is 12.9. The van der Waals surface area contributed by atoms with Crippen LogP contribution in [0.25, 0.3) is 10.9 Å². The number of aromatic nitrogens is 1. The predicted molar refractivity (Wildman–Crippen MR) is 160 cm³/mol. The minimum absolute atomic E-state index is 0. The van der Waals surface area contributed by atoms with Gasteiger partial charge >= 0.3 is 5.97 Å². The predicted octanol–water partition coefficient (Wildman–Crippen LogP) is 4.04. The standard InChI is InChI=1S/C32H29BrNO2P.HI/c1-2-36-32(35)31-28(27-20-12-22-29(33)30(27)34-31)21-13-23-37(24-14-6-3-7-15-24,25-16-8-4-9-17-25)26-18-10-5-11-19-26;/h3-12,14-20,22H,2,13,21,23H2,1H3;1H. The summed E-state index contributed by atoms with van der Waals surface area (Å²) in [5.41, 5.74) is 2.53. The Morgan fingerprint density at radius 3 is 1.82 bits per heavy atom. The zero-order chi connectivity index (χ0) is 25.7. The molecule has 5 aromatic rings. The molecular formula is C32H30BrINO2P. The highest BCUT2D eigenvalue weighted by Gasteiger charge is 2.44. The average Bonchev–Trinajstić information content (AvgIpc) is 3.33. The molecule has 0 aliphatic heterocycles. The van der Waals surface area contributed by atoms with E-state index in [-0.39, 0.29) is 29.9 Å². The number of halogens is 2. The molecule has 0 saturated carbocycles. The Labute approximate surface area is 250 Å². The Kier molecular flexibility index (Phi) is 9.80. The molecule has 0 aliphatic rings. The SMILES string of the molecule is CCOC(=O)c1[nH]c2c(Br)cccc2c1CCC[P+](c1ccccc1)(c1ccccc1)c1ccccc1.[I-]. The van der Waals surface area contributed by atoms with Crippen molar-refractivity contribution in [3.05, 3.63) is 125 Å². The number of fused-ring (bicyclic) bond motifs is 1. The number of aryl methyl sites for hydroxylation is 1. The van der Waals surface area contributed by atoms with E-state index in [9.17, 15) is 4.79 Å². The number of carbonyl (C=O) groups is 1. The van der Waals surface area contributed by atoms with Gasteiger partial charge in [-0.15, -0.1) is 0 Å². The highest BCUT2D eigenvalue weighted by Crippen LogP contribution is 2.56. The van der Waals surface area contributed by atoms with Gasteiger partial charge in [-0.2, -0.15) is 0 Å². The van der Waals surface area contributed by atoms with Crippen LogP contribution in [0.2, 0.25) is 0 Å². The number of benzene rings is 4. The van der Waals surface area contributed by atoms with Crippen molar-refractivity contribution in [3.63, 3.8) is 0 Å². The number of esters is 1. The third-order valence-corrected chi connectivity index (χ3v) is 12.1. The molecule has 0 aliphatic carbocycles. The summed E-state index contributed by atoms with van der Waals surface area (Å²) in [6.07, 6.45) is 2.70. The summed E-state index contributed by atoms with van der Waals surface area (Å²) in [6, 6.07) is 38.9. The lowest BCUT2D eigenvalue weighted by atomic mass is 10.1. The minimum Gasteiger partial charge on any atom is -1.00 e. The molecule has 0 bridgehead atoms. The summed E-state index contributed by atoms with van der Waals surface area (Å²) >= 11 is 3.65. The van der Waals surface area contributed by atoms with Crippen molar-refractivity contribution in [1.82, 2.24) is 4.98 Å². The molecule has 0 radical (unpaired) electrons. The second-order valence-electron chi connectivity index (χ2n) is 9.00. The van der Waals surface area contributed by atoms with Crippen molar-refractivity contribution < 1.29 is 33.5 Å². The normalized spacial score (nSPS) is 11.2. The fourth-order valence-corrected chi connectivity index (χ4v) is 10.1. The second-order valence-corrected chi connectivity index (χ2v) is 13.5. The smallest absolute Gasteiger partial charge is 0.355 e. The molecule has 1 aromatic heterocycles. The van der Waals surface area contributed by atoms with Crippen LogP contribution in [0.4, 0.5) is 0 Å². The molecule has 3 nitrogen and oxygen atoms in total. The van der Waals surface area contributed by atoms with Crippen LogP contribution in [-0.2, 0) is 11.2 Å². The molecule has 0 amide bonds. The van der Waals surface area contributed by atoms with Gasteiger partial charge in [0.15, 0.2) is 0 Å². The fraction of sp³-hybridized carbons (Fsp3) is 0.156. The zero-order valence-corrected chi connectivity index (χ0v) is 25.9. The maximum Gasteiger partial charge on any atom is 0.355 e. The van der Waals surface area contributed by atoms with Gasteiger partial charge in [-0.05, 0) is 83.7 Å². The summed E-state index contributed by atoms with van der Waals surface area (Å²) in [4.78, 5) is 16.3. The third-order valence-electron chi connectivity index (χ3n) is 6.88. The van der Waals surface area contributed by atoms with Crippen LogP contribution in [0.15, 0.2) is 114 Å². The van der Waals surface area contributed by atoms with E-state index in [0.29, 0.717) is 12.3 Å². The number of aromatic amines is 1. The molecule has 0 spiro atoms. The van der Waals surface area contributed by atoms with Gasteiger partial charge in [0.1, 0.15) is 28.9 Å². The first-order chi connectivity index (χ1) is 18.1. The fourth-order valence-electron chi connectivity index (χ4n) is 5.25. The number of ether oxygens (including phenoxy) is 1. The van der Waals surface area contributed by atoms with Crippen LogP contribution in [0.5, 0.6) is 0 Å². The first-order valence-corrected chi connectivity index (χ1v) is 15.4. The van der Waals surface area contributed by atoms with Gasteiger partial charge in [-0.1, -0.05) is 66.7 Å². The van der Waals surface area contributed by atoms with Gasteiger partial charge in [0, 0.05) is 9.86 Å². The summed E-state index contributed by atoms with van der Waals surface area (Å²) in [5.74, 6) is -0.296. The Bertz CT molecular complexity index is 1390. The molecule has 194 valence electrons. The monoisotopic (exact) mass is 697 g/mol. The number of hydrogen-bond donors (Lipinski definition) is 1. The molecule has 5 rings (SSSR count). The van der Waals surface area contributed by atoms with Crippen LogP contribution in [-0.4, -0.2) is 23.7 Å². The van der Waals surface area contributed by atoms with E-state index >= 15 is 0 Å². The largest absolute Gasteiger partial charge is 1.00 e. The Morgan fingerprint density at radius 1 is 0.789 bits per heavy atom. The quantitative estimate of drug-likeness (QED) is 0.144. The van der Waals surface area contributed by atoms with Crippen LogP contribution >= 0.6 is 23.2 Å². The van der Waals surface area contributed by atoms with E-state index in [1.54, 1.807) is 0 Å². The number of para-hydroxylation sites is 1. The first kappa shape index (κ1) is 28.5. The van der Waals surface area contributed by atoms with Crippen molar-refractivity contribution in [1.29, 1.82) is 0 Å². The highest BCUT2D eigenvalue weighted by molar-refractivity contribution is 9.10. The Hall–Kier alpha value is -2.47. The highest BCUT2D eigenvalue weighted by atomic mass is 127. The number of hydrogen-bond acceptors (Lipinski definition) is 2. The number of rotatable bonds is 9. The molecule has 1 N–H and O–H groups in total. The minimum atomic E-state index is -1.93. The van der Waals surface area contributed by atoms with E-state index < -0.39 is 7.26 Å². The molecule has 38 heavy (non-hydrogen) atoms. The van der Waals surface area contributed by atoms with Crippen LogP contribution < -0.4 is 39.9 Å². The maximum absolute atomic E-state index is 12.9. The van der Waals surface area contributed by atoms with E-state index in [4.69, 9.17) is 4.74 Å². The van der Waals surface area contributed by atoms with E-state index in [2.05, 4.69) is 118 Å². The molecule has 6 heteroatoms. The van der Waals surface area contributed by atoms with Crippen LogP contribution in [0.1, 0.15) is 29.4 Å². The van der Waals surface area contributed by atoms with Gasteiger partial charge < -0.3 is 33.7 Å². The molecule has 0 unspecified atom stereocenters. The topological polar surface area (TPSA) is 42.1 Å². The van der Waals surface area contributed by atoms with E-state index in [1.165, 1.54) is 15.9 Å². The van der Waals surface area contributed by atoms with Gasteiger partial charge in [0.2, 0.25) is 0 Å². The third kappa shape index (κ3) is 5.61. The number of carbonyl (C=O) groups excluding carboxylic acids is 1. The van der Waals surface area contributed by atoms with E-state index in [0.717, 1.165) is 39.9 Å².